The van der Waals surface area contributed by atoms with Crippen LogP contribution in [0.3, 0.4) is 0 Å². The lowest BCUT2D eigenvalue weighted by molar-refractivity contribution is 0.643. The average Bonchev–Trinajstić information content (AvgIpc) is 3.15. The molecule has 0 fully saturated rings. The minimum atomic E-state index is -0.441. The van der Waals surface area contributed by atoms with Crippen molar-refractivity contribution in [1.82, 2.24) is 28.7 Å². The van der Waals surface area contributed by atoms with Crippen LogP contribution in [0.1, 0.15) is 12.6 Å². The maximum atomic E-state index is 13.3. The average molecular weight is 408 g/mol. The van der Waals surface area contributed by atoms with Gasteiger partial charge < -0.3 is 15.2 Å². The van der Waals surface area contributed by atoms with E-state index in [1.807, 2.05) is 41.6 Å². The summed E-state index contributed by atoms with van der Waals surface area (Å²) in [6.45, 7) is 3.56. The quantitative estimate of drug-likeness (QED) is 0.488. The number of hydrogen-bond donors (Lipinski definition) is 1. The van der Waals surface area contributed by atoms with E-state index in [4.69, 9.17) is 5.73 Å². The zero-order valence-corrected chi connectivity index (χ0v) is 17.2. The summed E-state index contributed by atoms with van der Waals surface area (Å²) in [6.07, 6.45) is 1.66. The Labute approximate surface area is 172 Å². The van der Waals surface area contributed by atoms with Crippen LogP contribution in [0.25, 0.3) is 22.2 Å². The lowest BCUT2D eigenvalue weighted by Crippen LogP contribution is -2.40. The molecule has 4 rings (SSSR count). The fraction of sp³-hybridized carbons (Fsp3) is 0.350. The first-order valence-electron chi connectivity index (χ1n) is 9.78. The molecular formula is C20H24N8O2. The summed E-state index contributed by atoms with van der Waals surface area (Å²) < 4.78 is 4.42. The van der Waals surface area contributed by atoms with Crippen LogP contribution in [0.2, 0.25) is 0 Å². The Hall–Kier alpha value is -3.53. The molecule has 0 aliphatic carbocycles. The molecule has 0 amide bonds. The van der Waals surface area contributed by atoms with Crippen LogP contribution >= 0.6 is 0 Å². The van der Waals surface area contributed by atoms with Crippen LogP contribution in [-0.4, -0.2) is 48.8 Å². The van der Waals surface area contributed by atoms with Crippen LogP contribution in [0.4, 0.5) is 5.95 Å². The van der Waals surface area contributed by atoms with Crippen LogP contribution in [-0.2, 0) is 20.1 Å². The number of aryl methyl sites for hydroxylation is 2. The second kappa shape index (κ2) is 7.71. The number of likely N-dealkylation sites (N-methyl/N-ethyl adjacent to an activating group) is 1. The number of hydrogen-bond acceptors (Lipinski definition) is 7. The molecule has 30 heavy (non-hydrogen) atoms. The molecule has 0 aliphatic heterocycles. The van der Waals surface area contributed by atoms with Gasteiger partial charge in [-0.15, -0.1) is 0 Å². The lowest BCUT2D eigenvalue weighted by Gasteiger charge is -2.17. The Morgan fingerprint density at radius 1 is 1.13 bits per heavy atom. The Kier molecular flexibility index (Phi) is 5.08. The number of anilines is 1. The van der Waals surface area contributed by atoms with Crippen LogP contribution in [0.15, 0.2) is 40.1 Å². The van der Waals surface area contributed by atoms with Gasteiger partial charge in [0.15, 0.2) is 16.8 Å². The van der Waals surface area contributed by atoms with Crippen LogP contribution in [0, 0.1) is 0 Å². The van der Waals surface area contributed by atoms with Gasteiger partial charge in [-0.1, -0.05) is 0 Å². The predicted molar refractivity (Wildman–Crippen MR) is 116 cm³/mol. The predicted octanol–water partition coefficient (Wildman–Crippen LogP) is 0.303. The zero-order valence-electron chi connectivity index (χ0n) is 17.2. The minimum Gasteiger partial charge on any atom is -0.344 e. The van der Waals surface area contributed by atoms with Crippen molar-refractivity contribution in [2.24, 2.45) is 12.8 Å². The van der Waals surface area contributed by atoms with Gasteiger partial charge in [0.2, 0.25) is 5.95 Å². The summed E-state index contributed by atoms with van der Waals surface area (Å²) in [5.74, 6) is 0.607. The topological polar surface area (TPSA) is 117 Å². The smallest absolute Gasteiger partial charge is 0.332 e. The highest BCUT2D eigenvalue weighted by Gasteiger charge is 2.21. The maximum Gasteiger partial charge on any atom is 0.332 e. The highest BCUT2D eigenvalue weighted by atomic mass is 16.2. The molecule has 0 atom stereocenters. The summed E-state index contributed by atoms with van der Waals surface area (Å²) in [5.41, 5.74) is 6.75. The Morgan fingerprint density at radius 2 is 1.93 bits per heavy atom. The second-order valence-corrected chi connectivity index (χ2v) is 7.12. The number of aromatic nitrogens is 6. The molecule has 0 unspecified atom stereocenters. The second-order valence-electron chi connectivity index (χ2n) is 7.12. The summed E-state index contributed by atoms with van der Waals surface area (Å²) in [7, 11) is 3.48. The molecule has 4 aromatic rings. The van der Waals surface area contributed by atoms with Gasteiger partial charge in [0.1, 0.15) is 0 Å². The van der Waals surface area contributed by atoms with Gasteiger partial charge in [0.25, 0.3) is 5.56 Å². The molecule has 10 nitrogen and oxygen atoms in total. The van der Waals surface area contributed by atoms with E-state index in [2.05, 4.69) is 15.0 Å². The lowest BCUT2D eigenvalue weighted by atomic mass is 10.2. The van der Waals surface area contributed by atoms with Crippen molar-refractivity contribution in [1.29, 1.82) is 0 Å². The van der Waals surface area contributed by atoms with E-state index in [9.17, 15) is 9.59 Å². The highest BCUT2D eigenvalue weighted by Crippen LogP contribution is 2.18. The standard InChI is InChI=1S/C20H24N8O2/c1-4-27-15-17(24-19(27)25(2)11-9-21)26(3)20(30)28(18(15)29)12-14-8-7-13-6-5-10-22-16(13)23-14/h5-8,10H,4,9,11-12,21H2,1-3H3. The number of imidazole rings is 1. The van der Waals surface area contributed by atoms with Crippen molar-refractivity contribution in [2.75, 3.05) is 25.0 Å². The third-order valence-electron chi connectivity index (χ3n) is 5.18. The van der Waals surface area contributed by atoms with Gasteiger partial charge in [-0.25, -0.2) is 14.8 Å². The van der Waals surface area contributed by atoms with Crippen molar-refractivity contribution in [3.05, 3.63) is 57.0 Å². The van der Waals surface area contributed by atoms with E-state index in [1.54, 1.807) is 19.3 Å². The molecule has 0 spiro atoms. The number of nitrogens with two attached hydrogens (primary N) is 1. The van der Waals surface area contributed by atoms with E-state index in [-0.39, 0.29) is 6.54 Å². The molecule has 4 aromatic heterocycles. The molecule has 0 radical (unpaired) electrons. The largest absolute Gasteiger partial charge is 0.344 e. The first-order chi connectivity index (χ1) is 14.5. The Morgan fingerprint density at radius 3 is 2.67 bits per heavy atom. The van der Waals surface area contributed by atoms with Crippen molar-refractivity contribution < 1.29 is 0 Å². The van der Waals surface area contributed by atoms with Gasteiger partial charge in [-0.3, -0.25) is 13.9 Å². The first kappa shape index (κ1) is 19.8. The molecule has 0 saturated carbocycles. The van der Waals surface area contributed by atoms with Crippen molar-refractivity contribution in [3.8, 4) is 0 Å². The van der Waals surface area contributed by atoms with Gasteiger partial charge in [-0.2, -0.15) is 4.98 Å². The number of rotatable bonds is 6. The van der Waals surface area contributed by atoms with Gasteiger partial charge in [0.05, 0.1) is 12.2 Å². The first-order valence-corrected chi connectivity index (χ1v) is 9.78. The molecule has 0 bridgehead atoms. The summed E-state index contributed by atoms with van der Waals surface area (Å²) in [4.78, 5) is 41.5. The molecule has 10 heteroatoms. The molecule has 2 N–H and O–H groups in total. The fourth-order valence-electron chi connectivity index (χ4n) is 3.63. The Balaban J connectivity index is 1.89. The normalized spacial score (nSPS) is 11.5. The van der Waals surface area contributed by atoms with Crippen LogP contribution < -0.4 is 21.9 Å². The van der Waals surface area contributed by atoms with Crippen molar-refractivity contribution in [2.45, 2.75) is 20.0 Å². The van der Waals surface area contributed by atoms with Gasteiger partial charge in [0, 0.05) is 45.3 Å². The van der Waals surface area contributed by atoms with E-state index >= 15 is 0 Å². The van der Waals surface area contributed by atoms with Crippen LogP contribution in [0.5, 0.6) is 0 Å². The molecular weight excluding hydrogens is 384 g/mol. The summed E-state index contributed by atoms with van der Waals surface area (Å²) in [6, 6.07) is 7.44. The van der Waals surface area contributed by atoms with Gasteiger partial charge >= 0.3 is 5.69 Å². The van der Waals surface area contributed by atoms with E-state index in [0.29, 0.717) is 48.1 Å². The summed E-state index contributed by atoms with van der Waals surface area (Å²) >= 11 is 0. The third kappa shape index (κ3) is 3.14. The zero-order chi connectivity index (χ0) is 21.4. The monoisotopic (exact) mass is 408 g/mol. The SMILES string of the molecule is CCn1c(N(C)CCN)nc2c1c(=O)n(Cc1ccc3cccnc3n1)c(=O)n2C. The molecule has 4 heterocycles. The fourth-order valence-corrected chi connectivity index (χ4v) is 3.63. The Bertz CT molecular complexity index is 1350. The van der Waals surface area contributed by atoms with Gasteiger partial charge in [-0.05, 0) is 31.2 Å². The molecule has 0 aliphatic rings. The number of pyridine rings is 2. The highest BCUT2D eigenvalue weighted by molar-refractivity contribution is 5.75. The molecule has 0 aromatic carbocycles. The molecule has 156 valence electrons. The van der Waals surface area contributed by atoms with E-state index in [1.165, 1.54) is 9.13 Å². The van der Waals surface area contributed by atoms with Crippen molar-refractivity contribution >= 4 is 28.1 Å². The van der Waals surface area contributed by atoms with E-state index < -0.39 is 11.2 Å². The third-order valence-corrected chi connectivity index (χ3v) is 5.18. The minimum absolute atomic E-state index is 0.0524. The number of nitrogens with zero attached hydrogens (tertiary/aromatic N) is 7. The van der Waals surface area contributed by atoms with Crippen molar-refractivity contribution in [3.63, 3.8) is 0 Å². The number of fused-ring (bicyclic) bond motifs is 2. The maximum absolute atomic E-state index is 13.3. The molecule has 0 saturated heterocycles. The summed E-state index contributed by atoms with van der Waals surface area (Å²) in [5, 5.41) is 0.897. The van der Waals surface area contributed by atoms with E-state index in [0.717, 1.165) is 5.39 Å².